The van der Waals surface area contributed by atoms with Crippen LogP contribution in [-0.2, 0) is 25.8 Å². The van der Waals surface area contributed by atoms with Crippen molar-refractivity contribution in [2.24, 2.45) is 5.92 Å². The lowest BCUT2D eigenvalue weighted by Gasteiger charge is -2.52. The van der Waals surface area contributed by atoms with E-state index in [4.69, 9.17) is 27.9 Å². The Labute approximate surface area is 273 Å². The van der Waals surface area contributed by atoms with Gasteiger partial charge in [-0.25, -0.2) is 13.2 Å². The molecule has 2 aromatic carbocycles. The van der Waals surface area contributed by atoms with Crippen LogP contribution < -0.4 is 4.73 Å². The molecule has 0 spiro atoms. The van der Waals surface area contributed by atoms with Gasteiger partial charge in [-0.1, -0.05) is 47.5 Å². The maximum absolute atomic E-state index is 14.9. The molecule has 2 aliphatic rings. The molecule has 45 heavy (non-hydrogen) atoms. The molecule has 1 aromatic heterocycles. The molecule has 3 aromatic rings. The van der Waals surface area contributed by atoms with Gasteiger partial charge < -0.3 is 20.0 Å². The van der Waals surface area contributed by atoms with Crippen molar-refractivity contribution < 1.29 is 32.6 Å². The Kier molecular flexibility index (Phi) is 9.00. The van der Waals surface area contributed by atoms with E-state index in [9.17, 15) is 28.3 Å². The third kappa shape index (κ3) is 6.84. The van der Waals surface area contributed by atoms with Crippen molar-refractivity contribution in [2.45, 2.75) is 75.5 Å². The first-order valence-electron chi connectivity index (χ1n) is 14.7. The van der Waals surface area contributed by atoms with Crippen LogP contribution in [0.25, 0.3) is 0 Å². The van der Waals surface area contributed by atoms with Gasteiger partial charge in [-0.05, 0) is 87.9 Å². The van der Waals surface area contributed by atoms with Crippen molar-refractivity contribution in [1.29, 1.82) is 0 Å². The first-order valence-corrected chi connectivity index (χ1v) is 17.1. The predicted molar refractivity (Wildman–Crippen MR) is 171 cm³/mol. The highest BCUT2D eigenvalue weighted by molar-refractivity contribution is 7.92. The fourth-order valence-electron chi connectivity index (χ4n) is 5.86. The summed E-state index contributed by atoms with van der Waals surface area (Å²) in [6.07, 6.45) is 1.46. The molecule has 1 saturated heterocycles. The number of aromatic nitrogens is 1. The molecule has 4 atom stereocenters. The Morgan fingerprint density at radius 3 is 2.31 bits per heavy atom. The Hall–Kier alpha value is -3.18. The molecule has 2 fully saturated rings. The lowest BCUT2D eigenvalue weighted by Crippen LogP contribution is -2.63. The van der Waals surface area contributed by atoms with Crippen molar-refractivity contribution in [3.63, 3.8) is 0 Å². The fourth-order valence-corrected chi connectivity index (χ4v) is 7.57. The minimum atomic E-state index is -3.68. The van der Waals surface area contributed by atoms with E-state index in [0.717, 1.165) is 19.0 Å². The number of aromatic carboxylic acids is 1. The summed E-state index contributed by atoms with van der Waals surface area (Å²) in [6.45, 7) is 6.54. The minimum Gasteiger partial charge on any atom is -0.618 e. The van der Waals surface area contributed by atoms with E-state index in [0.29, 0.717) is 25.9 Å². The molecule has 1 aliphatic heterocycles. The SMILES string of the molecule is CC(C)(C)S(=O)(=O)C[C@H](C1CC1)N1C(=O)[C@@](C)(Cc2ccc(C(=O)O)c[n+]2[O-])O[C@H](c2cccc(Cl)c2)C1c1ccc(Cl)cc1. The number of nitrogens with zero attached hydrogens (tertiary/aromatic N) is 2. The average molecular weight is 676 g/mol. The van der Waals surface area contributed by atoms with Crippen LogP contribution in [0, 0.1) is 11.1 Å². The van der Waals surface area contributed by atoms with Crippen LogP contribution in [-0.4, -0.2) is 52.4 Å². The van der Waals surface area contributed by atoms with Gasteiger partial charge in [0.15, 0.2) is 27.3 Å². The van der Waals surface area contributed by atoms with Gasteiger partial charge >= 0.3 is 5.97 Å². The van der Waals surface area contributed by atoms with E-state index in [-0.39, 0.29) is 29.3 Å². The van der Waals surface area contributed by atoms with E-state index in [1.54, 1.807) is 75.1 Å². The normalized spacial score (nSPS) is 23.2. The standard InChI is InChI=1S/C33H36Cl2N2O7S/c1-32(2,3)45(42,43)19-27(20-8-9-20)37-28(21-10-13-24(34)14-11-21)29(22-6-5-7-25(35)16-22)44-33(4,31(37)40)17-26-15-12-23(30(38)39)18-36(26)41/h5-7,10-16,18,20,27-29H,8-9,17,19H2,1-4H3,(H,38,39)/t27-,28?,29-,33-/m1/s1. The molecule has 1 amide bonds. The summed E-state index contributed by atoms with van der Waals surface area (Å²) in [5.41, 5.74) is -0.349. The number of carbonyl (C=O) groups excluding carboxylic acids is 1. The number of carboxylic acid groups (broad SMARTS) is 1. The lowest BCUT2D eigenvalue weighted by atomic mass is 9.85. The first-order chi connectivity index (χ1) is 21.0. The largest absolute Gasteiger partial charge is 0.618 e. The number of carboxylic acids is 1. The zero-order chi connectivity index (χ0) is 32.9. The van der Waals surface area contributed by atoms with E-state index in [1.807, 2.05) is 6.07 Å². The third-order valence-electron chi connectivity index (χ3n) is 8.66. The second-order valence-corrected chi connectivity index (χ2v) is 16.7. The fraction of sp³-hybridized carbons (Fsp3) is 0.424. The Morgan fingerprint density at radius 2 is 1.76 bits per heavy atom. The topological polar surface area (TPSA) is 128 Å². The van der Waals surface area contributed by atoms with Crippen LogP contribution in [0.2, 0.25) is 10.0 Å². The molecule has 2 heterocycles. The molecule has 0 radical (unpaired) electrons. The maximum atomic E-state index is 14.9. The number of amides is 1. The number of rotatable bonds is 9. The lowest BCUT2D eigenvalue weighted by molar-refractivity contribution is -0.615. The number of carbonyl (C=O) groups is 2. The maximum Gasteiger partial charge on any atom is 0.341 e. The summed E-state index contributed by atoms with van der Waals surface area (Å²) < 4.78 is 33.5. The summed E-state index contributed by atoms with van der Waals surface area (Å²) in [4.78, 5) is 28.0. The molecule has 1 aliphatic carbocycles. The molecule has 1 saturated carbocycles. The van der Waals surface area contributed by atoms with Crippen molar-refractivity contribution >= 4 is 44.9 Å². The monoisotopic (exact) mass is 674 g/mol. The molecular weight excluding hydrogens is 639 g/mol. The van der Waals surface area contributed by atoms with Gasteiger partial charge in [0, 0.05) is 22.2 Å². The summed E-state index contributed by atoms with van der Waals surface area (Å²) in [5.74, 6) is -2.02. The Morgan fingerprint density at radius 1 is 1.09 bits per heavy atom. The minimum absolute atomic E-state index is 0.0532. The number of halogens is 2. The number of hydrogen-bond donors (Lipinski definition) is 1. The van der Waals surface area contributed by atoms with Crippen molar-refractivity contribution in [1.82, 2.24) is 4.90 Å². The van der Waals surface area contributed by atoms with Gasteiger partial charge in [0.05, 0.1) is 23.0 Å². The highest BCUT2D eigenvalue weighted by atomic mass is 35.5. The van der Waals surface area contributed by atoms with Crippen molar-refractivity contribution in [2.75, 3.05) is 5.75 Å². The number of pyridine rings is 1. The highest BCUT2D eigenvalue weighted by Crippen LogP contribution is 2.50. The molecule has 0 bridgehead atoms. The smallest absolute Gasteiger partial charge is 0.341 e. The van der Waals surface area contributed by atoms with Gasteiger partial charge in [-0.2, -0.15) is 4.73 Å². The number of ether oxygens (including phenoxy) is 1. The van der Waals surface area contributed by atoms with Crippen LogP contribution in [0.5, 0.6) is 0 Å². The van der Waals surface area contributed by atoms with Crippen LogP contribution in [0.3, 0.4) is 0 Å². The zero-order valence-corrected chi connectivity index (χ0v) is 27.8. The number of sulfone groups is 1. The molecule has 1 unspecified atom stereocenters. The van der Waals surface area contributed by atoms with Crippen LogP contribution in [0.1, 0.15) is 79.9 Å². The van der Waals surface area contributed by atoms with E-state index in [1.165, 1.54) is 12.1 Å². The first kappa shape index (κ1) is 33.2. The summed E-state index contributed by atoms with van der Waals surface area (Å²) in [6, 6.07) is 15.3. The number of morpholine rings is 1. The second kappa shape index (κ2) is 12.2. The molecule has 1 N–H and O–H groups in total. The quantitative estimate of drug-likeness (QED) is 0.219. The van der Waals surface area contributed by atoms with Gasteiger partial charge in [0.2, 0.25) is 0 Å². The summed E-state index contributed by atoms with van der Waals surface area (Å²) in [5, 5.41) is 23.3. The van der Waals surface area contributed by atoms with Gasteiger partial charge in [0.1, 0.15) is 11.7 Å². The van der Waals surface area contributed by atoms with E-state index in [2.05, 4.69) is 0 Å². The molecule has 5 rings (SSSR count). The van der Waals surface area contributed by atoms with Crippen molar-refractivity contribution in [3.8, 4) is 0 Å². The van der Waals surface area contributed by atoms with E-state index >= 15 is 0 Å². The zero-order valence-electron chi connectivity index (χ0n) is 25.4. The van der Waals surface area contributed by atoms with Gasteiger partial charge in [-0.3, -0.25) is 4.79 Å². The van der Waals surface area contributed by atoms with Crippen molar-refractivity contribution in [3.05, 3.63) is 104 Å². The number of hydrogen-bond acceptors (Lipinski definition) is 6. The highest BCUT2D eigenvalue weighted by Gasteiger charge is 2.56. The molecule has 9 nitrogen and oxygen atoms in total. The number of benzene rings is 2. The Balaban J connectivity index is 1.70. The molecule has 240 valence electrons. The molecular formula is C33H36Cl2N2O7S. The Bertz CT molecular complexity index is 1720. The average Bonchev–Trinajstić information content (AvgIpc) is 3.80. The van der Waals surface area contributed by atoms with Gasteiger partial charge in [0.25, 0.3) is 5.91 Å². The van der Waals surface area contributed by atoms with E-state index < -0.39 is 50.2 Å². The third-order valence-corrected chi connectivity index (χ3v) is 11.8. The summed E-state index contributed by atoms with van der Waals surface area (Å²) >= 11 is 12.7. The molecule has 12 heteroatoms. The van der Waals surface area contributed by atoms with Crippen LogP contribution >= 0.6 is 23.2 Å². The van der Waals surface area contributed by atoms with Crippen LogP contribution in [0.15, 0.2) is 66.9 Å². The van der Waals surface area contributed by atoms with Crippen LogP contribution in [0.4, 0.5) is 0 Å². The predicted octanol–water partition coefficient (Wildman–Crippen LogP) is 5.96. The summed E-state index contributed by atoms with van der Waals surface area (Å²) in [7, 11) is -3.68. The second-order valence-electron chi connectivity index (χ2n) is 13.0. The van der Waals surface area contributed by atoms with Gasteiger partial charge in [-0.15, -0.1) is 0 Å².